The molecule has 0 radical (unpaired) electrons. The van der Waals surface area contributed by atoms with Crippen LogP contribution >= 0.6 is 0 Å². The molecular formula is C27H28N4O4. The number of nitrogens with zero attached hydrogens (tertiary/aromatic N) is 3. The molecule has 2 saturated heterocycles. The number of Topliss-reactive ketones (excluding diaryl/α,β-unsaturated/α-hetero) is 1. The maximum atomic E-state index is 13.2. The molecule has 2 fully saturated rings. The van der Waals surface area contributed by atoms with Crippen molar-refractivity contribution in [3.05, 3.63) is 69.6 Å². The number of carbonyl (C=O) groups excluding carboxylic acids is 2. The van der Waals surface area contributed by atoms with Crippen LogP contribution in [-0.4, -0.2) is 63.7 Å². The van der Waals surface area contributed by atoms with Crippen molar-refractivity contribution in [2.24, 2.45) is 5.92 Å². The Morgan fingerprint density at radius 3 is 2.74 bits per heavy atom. The van der Waals surface area contributed by atoms with Crippen molar-refractivity contribution < 1.29 is 14.3 Å². The number of carbonyl (C=O) groups is 2. The van der Waals surface area contributed by atoms with Gasteiger partial charge in [0, 0.05) is 24.4 Å². The molecule has 4 heterocycles. The quantitative estimate of drug-likeness (QED) is 0.574. The van der Waals surface area contributed by atoms with Crippen LogP contribution in [-0.2, 0) is 17.8 Å². The van der Waals surface area contributed by atoms with E-state index in [4.69, 9.17) is 4.74 Å². The van der Waals surface area contributed by atoms with E-state index >= 15 is 0 Å². The Morgan fingerprint density at radius 2 is 1.89 bits per heavy atom. The number of hydrogen-bond acceptors (Lipinski definition) is 6. The molecule has 0 spiro atoms. The number of H-pyrrole nitrogens is 1. The highest BCUT2D eigenvalue weighted by Gasteiger charge is 2.38. The van der Waals surface area contributed by atoms with Gasteiger partial charge in [-0.05, 0) is 68.2 Å². The molecule has 1 aromatic heterocycles. The number of likely N-dealkylation sites (tertiary alicyclic amines) is 2. The van der Waals surface area contributed by atoms with Crippen LogP contribution in [0, 0.1) is 5.92 Å². The van der Waals surface area contributed by atoms with E-state index in [2.05, 4.69) is 14.9 Å². The molecule has 1 amide bonds. The summed E-state index contributed by atoms with van der Waals surface area (Å²) in [5.74, 6) is 1.82. The summed E-state index contributed by atoms with van der Waals surface area (Å²) < 4.78 is 5.56. The van der Waals surface area contributed by atoms with Gasteiger partial charge in [0.25, 0.3) is 0 Å². The van der Waals surface area contributed by atoms with E-state index in [1.165, 1.54) is 6.07 Å². The van der Waals surface area contributed by atoms with Crippen molar-refractivity contribution in [1.29, 1.82) is 0 Å². The van der Waals surface area contributed by atoms with Gasteiger partial charge in [-0.2, -0.15) is 0 Å². The molecule has 1 atom stereocenters. The normalized spacial score (nSPS) is 20.9. The third-order valence-electron chi connectivity index (χ3n) is 7.56. The maximum absolute atomic E-state index is 13.2. The number of nitrogens with one attached hydrogen (secondary N) is 1. The summed E-state index contributed by atoms with van der Waals surface area (Å²) in [6, 6.07) is 12.4. The Morgan fingerprint density at radius 1 is 1.06 bits per heavy atom. The summed E-state index contributed by atoms with van der Waals surface area (Å²) in [5, 5.41) is 0. The Bertz CT molecular complexity index is 1360. The number of ether oxygens (including phenoxy) is 1. The van der Waals surface area contributed by atoms with Gasteiger partial charge < -0.3 is 14.6 Å². The maximum Gasteiger partial charge on any atom is 0.240 e. The molecule has 3 aliphatic heterocycles. The van der Waals surface area contributed by atoms with E-state index in [1.807, 2.05) is 23.1 Å². The molecule has 3 aromatic rings. The molecule has 0 aliphatic carbocycles. The Balaban J connectivity index is 1.07. The van der Waals surface area contributed by atoms with Crippen LogP contribution in [0.1, 0.15) is 41.0 Å². The SMILES string of the molecule is O=C(c1ccc2c(c1)CCO2)C1CCN(C2CCN(Cc3nc4ccccc(=O)c4[nH]3)C2=O)CC1. The van der Waals surface area contributed by atoms with E-state index in [1.54, 1.807) is 18.2 Å². The van der Waals surface area contributed by atoms with Crippen LogP contribution in [0.4, 0.5) is 0 Å². The Kier molecular flexibility index (Phi) is 5.60. The standard InChI is InChI=1S/C27H28N4O4/c32-22-4-2-1-3-20-25(22)29-24(28-20)16-31-13-9-21(27(31)34)30-11-7-17(8-12-30)26(33)19-5-6-23-18(15-19)10-14-35-23/h1-6,15,17,21H,7-14,16H2,(H,28,29). The van der Waals surface area contributed by atoms with Crippen molar-refractivity contribution in [3.8, 4) is 5.75 Å². The third kappa shape index (κ3) is 4.12. The molecule has 35 heavy (non-hydrogen) atoms. The van der Waals surface area contributed by atoms with E-state index in [0.717, 1.165) is 55.6 Å². The lowest BCUT2D eigenvalue weighted by Gasteiger charge is -2.34. The predicted molar refractivity (Wildman–Crippen MR) is 130 cm³/mol. The largest absolute Gasteiger partial charge is 0.493 e. The lowest BCUT2D eigenvalue weighted by atomic mass is 9.87. The summed E-state index contributed by atoms with van der Waals surface area (Å²) in [6.45, 7) is 3.20. The first-order valence-electron chi connectivity index (χ1n) is 12.4. The zero-order chi connectivity index (χ0) is 23.9. The minimum absolute atomic E-state index is 0.00242. The Labute approximate surface area is 202 Å². The number of amides is 1. The van der Waals surface area contributed by atoms with Gasteiger partial charge in [0.1, 0.15) is 17.1 Å². The van der Waals surface area contributed by atoms with Crippen LogP contribution in [0.5, 0.6) is 5.75 Å². The van der Waals surface area contributed by atoms with Gasteiger partial charge in [0.2, 0.25) is 11.3 Å². The minimum Gasteiger partial charge on any atom is -0.493 e. The zero-order valence-electron chi connectivity index (χ0n) is 19.5. The van der Waals surface area contributed by atoms with Crippen molar-refractivity contribution in [2.45, 2.75) is 38.3 Å². The topological polar surface area (TPSA) is 95.6 Å². The van der Waals surface area contributed by atoms with Crippen molar-refractivity contribution in [3.63, 3.8) is 0 Å². The third-order valence-corrected chi connectivity index (χ3v) is 7.56. The van der Waals surface area contributed by atoms with E-state index in [0.29, 0.717) is 36.6 Å². The fraction of sp³-hybridized carbons (Fsp3) is 0.407. The van der Waals surface area contributed by atoms with Crippen LogP contribution in [0.3, 0.4) is 0 Å². The fourth-order valence-corrected chi connectivity index (χ4v) is 5.64. The number of piperidine rings is 1. The Hall–Kier alpha value is -3.52. The first kappa shape index (κ1) is 22.0. The molecule has 2 aromatic carbocycles. The molecule has 6 rings (SSSR count). The lowest BCUT2D eigenvalue weighted by molar-refractivity contribution is -0.133. The van der Waals surface area contributed by atoms with Crippen LogP contribution < -0.4 is 10.2 Å². The molecule has 0 bridgehead atoms. The monoisotopic (exact) mass is 472 g/mol. The van der Waals surface area contributed by atoms with Crippen LogP contribution in [0.2, 0.25) is 0 Å². The summed E-state index contributed by atoms with van der Waals surface area (Å²) >= 11 is 0. The number of benzene rings is 1. The highest BCUT2D eigenvalue weighted by atomic mass is 16.5. The van der Waals surface area contributed by atoms with E-state index < -0.39 is 0 Å². The zero-order valence-corrected chi connectivity index (χ0v) is 19.5. The smallest absolute Gasteiger partial charge is 0.240 e. The van der Waals surface area contributed by atoms with Gasteiger partial charge in [-0.15, -0.1) is 0 Å². The first-order chi connectivity index (χ1) is 17.1. The highest BCUT2D eigenvalue weighted by molar-refractivity contribution is 5.98. The molecular weight excluding hydrogens is 444 g/mol. The molecule has 180 valence electrons. The number of rotatable bonds is 5. The van der Waals surface area contributed by atoms with Gasteiger partial charge in [0.05, 0.1) is 24.7 Å². The lowest BCUT2D eigenvalue weighted by Crippen LogP contribution is -2.46. The van der Waals surface area contributed by atoms with Crippen molar-refractivity contribution in [2.75, 3.05) is 26.2 Å². The number of hydrogen-bond donors (Lipinski definition) is 1. The van der Waals surface area contributed by atoms with Crippen LogP contribution in [0.25, 0.3) is 11.0 Å². The van der Waals surface area contributed by atoms with E-state index in [-0.39, 0.29) is 29.1 Å². The average Bonchev–Trinajstić information content (AvgIpc) is 3.58. The second-order valence-corrected chi connectivity index (χ2v) is 9.69. The van der Waals surface area contributed by atoms with Crippen molar-refractivity contribution in [1.82, 2.24) is 19.8 Å². The van der Waals surface area contributed by atoms with Gasteiger partial charge in [-0.25, -0.2) is 4.98 Å². The molecule has 0 saturated carbocycles. The summed E-state index contributed by atoms with van der Waals surface area (Å²) in [6.07, 6.45) is 3.16. The second kappa shape index (κ2) is 8.92. The number of aromatic amines is 1. The highest BCUT2D eigenvalue weighted by Crippen LogP contribution is 2.30. The number of fused-ring (bicyclic) bond motifs is 2. The minimum atomic E-state index is -0.152. The van der Waals surface area contributed by atoms with Gasteiger partial charge in [-0.3, -0.25) is 19.3 Å². The fourth-order valence-electron chi connectivity index (χ4n) is 5.64. The second-order valence-electron chi connectivity index (χ2n) is 9.69. The average molecular weight is 473 g/mol. The number of ketones is 1. The number of imidazole rings is 1. The molecule has 1 unspecified atom stereocenters. The predicted octanol–water partition coefficient (Wildman–Crippen LogP) is 2.55. The van der Waals surface area contributed by atoms with E-state index in [9.17, 15) is 14.4 Å². The summed E-state index contributed by atoms with van der Waals surface area (Å²) in [5.41, 5.74) is 2.86. The van der Waals surface area contributed by atoms with Crippen molar-refractivity contribution >= 4 is 22.7 Å². The van der Waals surface area contributed by atoms with Gasteiger partial charge in [-0.1, -0.05) is 12.1 Å². The molecule has 8 heteroatoms. The van der Waals surface area contributed by atoms with Gasteiger partial charge >= 0.3 is 0 Å². The number of aromatic nitrogens is 2. The molecule has 1 N–H and O–H groups in total. The van der Waals surface area contributed by atoms with Crippen LogP contribution in [0.15, 0.2) is 47.3 Å². The summed E-state index contributed by atoms with van der Waals surface area (Å²) in [4.78, 5) is 50.1. The van der Waals surface area contributed by atoms with Gasteiger partial charge in [0.15, 0.2) is 5.78 Å². The summed E-state index contributed by atoms with van der Waals surface area (Å²) in [7, 11) is 0. The first-order valence-corrected chi connectivity index (χ1v) is 12.4. The molecule has 3 aliphatic rings. The molecule has 8 nitrogen and oxygen atoms in total.